The van der Waals surface area contributed by atoms with E-state index in [9.17, 15) is 14.0 Å². The van der Waals surface area contributed by atoms with E-state index < -0.39 is 11.8 Å². The van der Waals surface area contributed by atoms with E-state index in [1.165, 1.54) is 17.8 Å². The Hall–Kier alpha value is -4.36. The third-order valence-electron chi connectivity index (χ3n) is 5.42. The van der Waals surface area contributed by atoms with E-state index in [1.54, 1.807) is 86.0 Å². The number of thioether (sulfide) groups is 1. The quantitative estimate of drug-likeness (QED) is 0.198. The zero-order chi connectivity index (χ0) is 26.0. The molecule has 0 atom stereocenters. The van der Waals surface area contributed by atoms with Crippen molar-refractivity contribution in [2.24, 2.45) is 0 Å². The van der Waals surface area contributed by atoms with Gasteiger partial charge in [0.15, 0.2) is 0 Å². The first kappa shape index (κ1) is 25.7. The number of anilines is 1. The fourth-order valence-electron chi connectivity index (χ4n) is 3.42. The zero-order valence-corrected chi connectivity index (χ0v) is 20.9. The van der Waals surface area contributed by atoms with Crippen molar-refractivity contribution >= 4 is 35.3 Å². The first-order valence-electron chi connectivity index (χ1n) is 11.5. The molecule has 0 saturated heterocycles. The van der Waals surface area contributed by atoms with Gasteiger partial charge in [-0.1, -0.05) is 48.5 Å². The topological polar surface area (TPSA) is 67.4 Å². The van der Waals surface area contributed by atoms with Crippen LogP contribution in [0.5, 0.6) is 5.75 Å². The summed E-state index contributed by atoms with van der Waals surface area (Å²) < 4.78 is 19.1. The van der Waals surface area contributed by atoms with Gasteiger partial charge in [-0.25, -0.2) is 4.39 Å². The van der Waals surface area contributed by atoms with Crippen molar-refractivity contribution in [3.63, 3.8) is 0 Å². The Morgan fingerprint density at radius 1 is 0.865 bits per heavy atom. The Balaban J connectivity index is 1.47. The maximum Gasteiger partial charge on any atom is 0.272 e. The zero-order valence-electron chi connectivity index (χ0n) is 20.1. The molecule has 0 unspecified atom stereocenters. The Morgan fingerprint density at radius 2 is 1.54 bits per heavy atom. The highest BCUT2D eigenvalue weighted by Crippen LogP contribution is 2.25. The first-order chi connectivity index (χ1) is 18.0. The Morgan fingerprint density at radius 3 is 2.22 bits per heavy atom. The average molecular weight is 513 g/mol. The summed E-state index contributed by atoms with van der Waals surface area (Å²) in [6.07, 6.45) is 1.61. The molecule has 0 aliphatic heterocycles. The minimum absolute atomic E-state index is 0.0945. The molecule has 0 spiro atoms. The smallest absolute Gasteiger partial charge is 0.272 e. The van der Waals surface area contributed by atoms with E-state index in [0.717, 1.165) is 10.5 Å². The summed E-state index contributed by atoms with van der Waals surface area (Å²) in [5.74, 6) is 0.0952. The second-order valence-corrected chi connectivity index (χ2v) is 9.06. The molecular formula is C30H25FN2O3S. The molecule has 2 N–H and O–H groups in total. The van der Waals surface area contributed by atoms with Crippen LogP contribution in [-0.2, 0) is 10.5 Å². The molecule has 7 heteroatoms. The molecular weight excluding hydrogens is 487 g/mol. The van der Waals surface area contributed by atoms with Crippen LogP contribution in [0.1, 0.15) is 21.5 Å². The molecule has 0 aromatic heterocycles. The van der Waals surface area contributed by atoms with Gasteiger partial charge >= 0.3 is 0 Å². The van der Waals surface area contributed by atoms with Crippen LogP contribution in [0.4, 0.5) is 10.1 Å². The summed E-state index contributed by atoms with van der Waals surface area (Å²) in [7, 11) is 1.58. The molecule has 4 aromatic carbocycles. The molecule has 37 heavy (non-hydrogen) atoms. The molecule has 4 rings (SSSR count). The van der Waals surface area contributed by atoms with E-state index in [-0.39, 0.29) is 11.5 Å². The van der Waals surface area contributed by atoms with Gasteiger partial charge < -0.3 is 15.4 Å². The van der Waals surface area contributed by atoms with Crippen molar-refractivity contribution in [1.82, 2.24) is 5.32 Å². The number of carbonyl (C=O) groups is 2. The summed E-state index contributed by atoms with van der Waals surface area (Å²) in [4.78, 5) is 26.9. The lowest BCUT2D eigenvalue weighted by Gasteiger charge is -2.12. The Labute approximate surface area is 219 Å². The molecule has 0 radical (unpaired) electrons. The number of nitrogens with one attached hydrogen (secondary N) is 2. The number of amides is 2. The van der Waals surface area contributed by atoms with Crippen molar-refractivity contribution in [2.75, 3.05) is 12.4 Å². The van der Waals surface area contributed by atoms with Gasteiger partial charge in [-0.15, -0.1) is 11.8 Å². The normalized spacial score (nSPS) is 11.0. The molecule has 2 amide bonds. The van der Waals surface area contributed by atoms with E-state index in [4.69, 9.17) is 4.74 Å². The van der Waals surface area contributed by atoms with E-state index in [0.29, 0.717) is 28.3 Å². The van der Waals surface area contributed by atoms with Gasteiger partial charge in [0, 0.05) is 21.9 Å². The van der Waals surface area contributed by atoms with Crippen molar-refractivity contribution in [2.45, 2.75) is 10.6 Å². The van der Waals surface area contributed by atoms with Crippen LogP contribution in [0.25, 0.3) is 6.08 Å². The van der Waals surface area contributed by atoms with Crippen molar-refractivity contribution < 1.29 is 18.7 Å². The number of hydrogen-bond donors (Lipinski definition) is 2. The van der Waals surface area contributed by atoms with Crippen LogP contribution < -0.4 is 15.4 Å². The number of halogens is 1. The lowest BCUT2D eigenvalue weighted by molar-refractivity contribution is -0.113. The first-order valence-corrected chi connectivity index (χ1v) is 12.5. The molecule has 5 nitrogen and oxygen atoms in total. The number of methoxy groups -OCH3 is 1. The predicted molar refractivity (Wildman–Crippen MR) is 146 cm³/mol. The van der Waals surface area contributed by atoms with Gasteiger partial charge in [0.2, 0.25) is 0 Å². The monoisotopic (exact) mass is 512 g/mol. The summed E-state index contributed by atoms with van der Waals surface area (Å²) in [5, 5.41) is 5.56. The van der Waals surface area contributed by atoms with Gasteiger partial charge in [-0.05, 0) is 71.8 Å². The van der Waals surface area contributed by atoms with Gasteiger partial charge in [-0.3, -0.25) is 9.59 Å². The third-order valence-corrected chi connectivity index (χ3v) is 6.48. The summed E-state index contributed by atoms with van der Waals surface area (Å²) >= 11 is 1.50. The van der Waals surface area contributed by atoms with Gasteiger partial charge in [0.05, 0.1) is 7.11 Å². The van der Waals surface area contributed by atoms with E-state index in [2.05, 4.69) is 10.6 Å². The average Bonchev–Trinajstić information content (AvgIpc) is 2.94. The molecule has 0 fully saturated rings. The molecule has 186 valence electrons. The number of hydrogen-bond acceptors (Lipinski definition) is 4. The van der Waals surface area contributed by atoms with Crippen LogP contribution in [-0.4, -0.2) is 18.9 Å². The SMILES string of the molecule is COc1ccc(/C=C(\NC(=O)c2ccccc2)C(=O)Nc2ccc(SCc3ccccc3F)cc2)cc1. The van der Waals surface area contributed by atoms with Crippen molar-refractivity contribution in [3.05, 3.63) is 131 Å². The van der Waals surface area contributed by atoms with Crippen LogP contribution >= 0.6 is 11.8 Å². The molecule has 0 saturated carbocycles. The van der Waals surface area contributed by atoms with Crippen LogP contribution in [0.3, 0.4) is 0 Å². The molecule has 0 heterocycles. The van der Waals surface area contributed by atoms with Crippen molar-refractivity contribution in [3.8, 4) is 5.75 Å². The fraction of sp³-hybridized carbons (Fsp3) is 0.0667. The number of rotatable bonds is 9. The minimum atomic E-state index is -0.466. The predicted octanol–water partition coefficient (Wildman–Crippen LogP) is 6.54. The van der Waals surface area contributed by atoms with Crippen LogP contribution in [0, 0.1) is 5.82 Å². The largest absolute Gasteiger partial charge is 0.497 e. The Bertz CT molecular complexity index is 1390. The maximum atomic E-state index is 13.9. The molecule has 0 aliphatic rings. The Kier molecular flexibility index (Phi) is 8.73. The maximum absolute atomic E-state index is 13.9. The minimum Gasteiger partial charge on any atom is -0.497 e. The fourth-order valence-corrected chi connectivity index (χ4v) is 4.30. The molecule has 4 aromatic rings. The summed E-state index contributed by atoms with van der Waals surface area (Å²) in [5.41, 5.74) is 2.45. The second kappa shape index (κ2) is 12.6. The summed E-state index contributed by atoms with van der Waals surface area (Å²) in [6, 6.07) is 29.8. The number of benzene rings is 4. The highest BCUT2D eigenvalue weighted by molar-refractivity contribution is 7.98. The highest BCUT2D eigenvalue weighted by atomic mass is 32.2. The highest BCUT2D eigenvalue weighted by Gasteiger charge is 2.15. The standard InChI is InChI=1S/C30H25FN2O3S/c1-36-25-15-11-21(12-16-25)19-28(33-29(34)22-7-3-2-4-8-22)30(35)32-24-13-17-26(18-14-24)37-20-23-9-5-6-10-27(23)31/h2-19H,20H2,1H3,(H,32,35)(H,33,34)/b28-19-. The van der Waals surface area contributed by atoms with Crippen LogP contribution in [0.15, 0.2) is 114 Å². The third kappa shape index (κ3) is 7.32. The summed E-state index contributed by atoms with van der Waals surface area (Å²) in [6.45, 7) is 0. The van der Waals surface area contributed by atoms with Gasteiger partial charge in [0.25, 0.3) is 11.8 Å². The van der Waals surface area contributed by atoms with Crippen molar-refractivity contribution in [1.29, 1.82) is 0 Å². The van der Waals surface area contributed by atoms with E-state index in [1.807, 2.05) is 24.3 Å². The second-order valence-electron chi connectivity index (χ2n) is 8.01. The van der Waals surface area contributed by atoms with Crippen LogP contribution in [0.2, 0.25) is 0 Å². The lowest BCUT2D eigenvalue weighted by atomic mass is 10.1. The van der Waals surface area contributed by atoms with Gasteiger partial charge in [0.1, 0.15) is 17.3 Å². The number of ether oxygens (including phenoxy) is 1. The molecule has 0 aliphatic carbocycles. The van der Waals surface area contributed by atoms with E-state index >= 15 is 0 Å². The molecule has 0 bridgehead atoms. The van der Waals surface area contributed by atoms with Gasteiger partial charge in [-0.2, -0.15) is 0 Å². The number of carbonyl (C=O) groups excluding carboxylic acids is 2. The lowest BCUT2D eigenvalue weighted by Crippen LogP contribution is -2.30.